The molecule has 18 heavy (non-hydrogen) atoms. The normalized spacial score (nSPS) is 17.1. The molecule has 1 aliphatic rings. The van der Waals surface area contributed by atoms with E-state index in [-0.39, 0.29) is 18.3 Å². The average Bonchev–Trinajstić information content (AvgIpc) is 2.36. The number of benzene rings is 1. The van der Waals surface area contributed by atoms with Crippen molar-refractivity contribution in [3.8, 4) is 5.75 Å². The Bertz CT molecular complexity index is 398. The van der Waals surface area contributed by atoms with Crippen molar-refractivity contribution in [1.29, 1.82) is 0 Å². The maximum Gasteiger partial charge on any atom is 0.221 e. The van der Waals surface area contributed by atoms with Crippen molar-refractivity contribution in [2.45, 2.75) is 18.8 Å². The van der Waals surface area contributed by atoms with Crippen LogP contribution in [0.4, 0.5) is 0 Å². The van der Waals surface area contributed by atoms with E-state index < -0.39 is 0 Å². The lowest BCUT2D eigenvalue weighted by atomic mass is 9.93. The average molecular weight is 271 g/mol. The van der Waals surface area contributed by atoms with E-state index in [9.17, 15) is 4.79 Å². The van der Waals surface area contributed by atoms with Gasteiger partial charge in [-0.05, 0) is 18.1 Å². The highest BCUT2D eigenvalue weighted by atomic mass is 35.5. The van der Waals surface area contributed by atoms with Crippen LogP contribution < -0.4 is 15.8 Å². The highest BCUT2D eigenvalue weighted by Crippen LogP contribution is 2.32. The quantitative estimate of drug-likeness (QED) is 0.870. The third-order valence-electron chi connectivity index (χ3n) is 3.00. The molecule has 0 bridgehead atoms. The summed E-state index contributed by atoms with van der Waals surface area (Å²) in [6, 6.07) is 8.01. The lowest BCUT2D eigenvalue weighted by Gasteiger charge is -2.25. The van der Waals surface area contributed by atoms with Gasteiger partial charge in [0.2, 0.25) is 5.91 Å². The number of halogens is 1. The van der Waals surface area contributed by atoms with Crippen LogP contribution in [0.2, 0.25) is 0 Å². The molecule has 0 aliphatic carbocycles. The van der Waals surface area contributed by atoms with Crippen LogP contribution >= 0.6 is 12.4 Å². The number of nitrogens with two attached hydrogens (primary N) is 1. The predicted octanol–water partition coefficient (Wildman–Crippen LogP) is 1.44. The van der Waals surface area contributed by atoms with Crippen molar-refractivity contribution >= 4 is 18.3 Å². The van der Waals surface area contributed by atoms with E-state index >= 15 is 0 Å². The van der Waals surface area contributed by atoms with Gasteiger partial charge >= 0.3 is 0 Å². The number of nitrogens with one attached hydrogen (secondary N) is 1. The van der Waals surface area contributed by atoms with Gasteiger partial charge < -0.3 is 15.8 Å². The Kier molecular flexibility index (Phi) is 5.95. The monoisotopic (exact) mass is 270 g/mol. The molecule has 0 radical (unpaired) electrons. The van der Waals surface area contributed by atoms with Crippen molar-refractivity contribution in [1.82, 2.24) is 5.32 Å². The van der Waals surface area contributed by atoms with Crippen LogP contribution in [0.25, 0.3) is 0 Å². The highest BCUT2D eigenvalue weighted by Gasteiger charge is 2.21. The number of carbonyl (C=O) groups excluding carboxylic acids is 1. The van der Waals surface area contributed by atoms with Gasteiger partial charge in [0.05, 0.1) is 6.61 Å². The van der Waals surface area contributed by atoms with Crippen LogP contribution in [-0.2, 0) is 4.79 Å². The van der Waals surface area contributed by atoms with Crippen LogP contribution in [-0.4, -0.2) is 25.6 Å². The molecular weight excluding hydrogens is 252 g/mol. The lowest BCUT2D eigenvalue weighted by Crippen LogP contribution is -2.31. The van der Waals surface area contributed by atoms with Crippen LogP contribution in [0.15, 0.2) is 24.3 Å². The number of hydrogen-bond acceptors (Lipinski definition) is 3. The van der Waals surface area contributed by atoms with E-state index in [0.717, 1.165) is 12.2 Å². The van der Waals surface area contributed by atoms with E-state index in [2.05, 4.69) is 11.4 Å². The molecule has 0 saturated carbocycles. The fraction of sp³-hybridized carbons (Fsp3) is 0.462. The number of para-hydroxylation sites is 1. The maximum atomic E-state index is 11.4. The summed E-state index contributed by atoms with van der Waals surface area (Å²) in [5, 5.41) is 2.92. The second-order valence-corrected chi connectivity index (χ2v) is 4.21. The van der Waals surface area contributed by atoms with Gasteiger partial charge in [-0.25, -0.2) is 0 Å². The summed E-state index contributed by atoms with van der Waals surface area (Å²) >= 11 is 0. The summed E-state index contributed by atoms with van der Waals surface area (Å²) in [7, 11) is 0. The zero-order valence-corrected chi connectivity index (χ0v) is 11.0. The maximum absolute atomic E-state index is 11.4. The fourth-order valence-corrected chi connectivity index (χ4v) is 2.08. The van der Waals surface area contributed by atoms with Gasteiger partial charge in [0, 0.05) is 25.4 Å². The van der Waals surface area contributed by atoms with Gasteiger partial charge in [0.1, 0.15) is 5.75 Å². The minimum atomic E-state index is 0. The summed E-state index contributed by atoms with van der Waals surface area (Å²) in [6.07, 6.45) is 1.34. The highest BCUT2D eigenvalue weighted by molar-refractivity contribution is 5.85. The van der Waals surface area contributed by atoms with Crippen molar-refractivity contribution < 1.29 is 9.53 Å². The second kappa shape index (κ2) is 7.24. The smallest absolute Gasteiger partial charge is 0.221 e. The molecule has 5 heteroatoms. The second-order valence-electron chi connectivity index (χ2n) is 4.21. The minimum absolute atomic E-state index is 0. The summed E-state index contributed by atoms with van der Waals surface area (Å²) in [5.74, 6) is 1.31. The van der Waals surface area contributed by atoms with E-state index in [1.807, 2.05) is 18.2 Å². The Hall–Kier alpha value is -1.26. The summed E-state index contributed by atoms with van der Waals surface area (Å²) in [4.78, 5) is 11.4. The topological polar surface area (TPSA) is 64.4 Å². The Morgan fingerprint density at radius 1 is 1.44 bits per heavy atom. The van der Waals surface area contributed by atoms with E-state index in [1.54, 1.807) is 0 Å². The molecule has 0 spiro atoms. The molecule has 1 aromatic carbocycles. The van der Waals surface area contributed by atoms with Crippen molar-refractivity contribution in [3.05, 3.63) is 29.8 Å². The van der Waals surface area contributed by atoms with Crippen molar-refractivity contribution in [2.75, 3.05) is 19.7 Å². The molecule has 1 amide bonds. The van der Waals surface area contributed by atoms with Crippen molar-refractivity contribution in [3.63, 3.8) is 0 Å². The molecule has 1 aliphatic heterocycles. The third-order valence-corrected chi connectivity index (χ3v) is 3.00. The fourth-order valence-electron chi connectivity index (χ4n) is 2.08. The number of rotatable bonds is 4. The Morgan fingerprint density at radius 2 is 2.22 bits per heavy atom. The Labute approximate surface area is 113 Å². The van der Waals surface area contributed by atoms with Crippen LogP contribution in [0.1, 0.15) is 24.3 Å². The summed E-state index contributed by atoms with van der Waals surface area (Å²) in [6.45, 7) is 1.78. The zero-order valence-electron chi connectivity index (χ0n) is 10.2. The molecule has 1 atom stereocenters. The summed E-state index contributed by atoms with van der Waals surface area (Å²) in [5.41, 5.74) is 6.52. The van der Waals surface area contributed by atoms with Gasteiger partial charge in [-0.3, -0.25) is 4.79 Å². The number of carbonyl (C=O) groups is 1. The Balaban J connectivity index is 0.00000162. The largest absolute Gasteiger partial charge is 0.493 e. The van der Waals surface area contributed by atoms with Crippen molar-refractivity contribution in [2.24, 2.45) is 5.73 Å². The number of fused-ring (bicyclic) bond motifs is 1. The number of ether oxygens (including phenoxy) is 1. The van der Waals surface area contributed by atoms with Gasteiger partial charge in [0.15, 0.2) is 0 Å². The molecule has 0 aromatic heterocycles. The standard InChI is InChI=1S/C13H18N2O2.ClH/c14-7-5-13(16)15-9-10-6-8-17-12-4-2-1-3-11(10)12;/h1-4,10H,5-9,14H2,(H,15,16);1H. The first-order valence-corrected chi connectivity index (χ1v) is 5.99. The molecule has 4 nitrogen and oxygen atoms in total. The first-order valence-electron chi connectivity index (χ1n) is 5.99. The number of amides is 1. The predicted molar refractivity (Wildman–Crippen MR) is 73.2 cm³/mol. The van der Waals surface area contributed by atoms with Gasteiger partial charge in [-0.1, -0.05) is 18.2 Å². The van der Waals surface area contributed by atoms with Crippen LogP contribution in [0, 0.1) is 0 Å². The molecule has 1 unspecified atom stereocenters. The molecule has 0 saturated heterocycles. The molecule has 1 aromatic rings. The van der Waals surface area contributed by atoms with Crippen LogP contribution in [0.3, 0.4) is 0 Å². The summed E-state index contributed by atoms with van der Waals surface area (Å²) < 4.78 is 5.58. The van der Waals surface area contributed by atoms with Gasteiger partial charge in [-0.2, -0.15) is 0 Å². The molecule has 3 N–H and O–H groups in total. The molecule has 100 valence electrons. The third kappa shape index (κ3) is 3.62. The zero-order chi connectivity index (χ0) is 12.1. The number of hydrogen-bond donors (Lipinski definition) is 2. The molecule has 2 rings (SSSR count). The first-order chi connectivity index (χ1) is 8.31. The first kappa shape index (κ1) is 14.8. The molecular formula is C13H19ClN2O2. The molecule has 0 fully saturated rings. The van der Waals surface area contributed by atoms with E-state index in [4.69, 9.17) is 10.5 Å². The Morgan fingerprint density at radius 3 is 3.00 bits per heavy atom. The van der Waals surface area contributed by atoms with Gasteiger partial charge in [-0.15, -0.1) is 12.4 Å². The molecule has 1 heterocycles. The van der Waals surface area contributed by atoms with E-state index in [0.29, 0.717) is 32.0 Å². The van der Waals surface area contributed by atoms with Gasteiger partial charge in [0.25, 0.3) is 0 Å². The minimum Gasteiger partial charge on any atom is -0.493 e. The van der Waals surface area contributed by atoms with Crippen LogP contribution in [0.5, 0.6) is 5.75 Å². The SMILES string of the molecule is Cl.NCCC(=O)NCC1CCOc2ccccc21. The van der Waals surface area contributed by atoms with E-state index in [1.165, 1.54) is 5.56 Å². The lowest BCUT2D eigenvalue weighted by molar-refractivity contribution is -0.121.